The molecule has 0 radical (unpaired) electrons. The van der Waals surface area contributed by atoms with E-state index in [9.17, 15) is 32.7 Å². The molecule has 2 aliphatic heterocycles. The summed E-state index contributed by atoms with van der Waals surface area (Å²) >= 11 is 6.02. The average molecular weight is 530 g/mol. The quantitative estimate of drug-likeness (QED) is 0.604. The zero-order valence-electron chi connectivity index (χ0n) is 20.1. The van der Waals surface area contributed by atoms with E-state index >= 15 is 0 Å². The van der Waals surface area contributed by atoms with Crippen molar-refractivity contribution in [2.45, 2.75) is 57.2 Å². The van der Waals surface area contributed by atoms with Crippen LogP contribution in [0.3, 0.4) is 0 Å². The number of hydrogen-bond acceptors (Lipinski definition) is 3. The molecule has 198 valence electrons. The van der Waals surface area contributed by atoms with Gasteiger partial charge in [-0.15, -0.1) is 0 Å². The van der Waals surface area contributed by atoms with Crippen LogP contribution in [0.5, 0.6) is 0 Å². The number of piperidine rings is 1. The fraction of sp³-hybridized carbons (Fsp3) is 0.640. The van der Waals surface area contributed by atoms with Gasteiger partial charge >= 0.3 is 12.3 Å². The Morgan fingerprint density at radius 1 is 1.08 bits per heavy atom. The largest absolute Gasteiger partial charge is 0.465 e. The Labute approximate surface area is 213 Å². The van der Waals surface area contributed by atoms with Crippen LogP contribution in [0.4, 0.5) is 18.0 Å². The van der Waals surface area contributed by atoms with Crippen LogP contribution >= 0.6 is 11.6 Å². The Hall–Kier alpha value is -2.49. The maximum absolute atomic E-state index is 13.6. The van der Waals surface area contributed by atoms with Crippen molar-refractivity contribution in [3.05, 3.63) is 34.9 Å². The third kappa shape index (κ3) is 4.76. The van der Waals surface area contributed by atoms with Gasteiger partial charge in [0.1, 0.15) is 5.41 Å². The molecule has 1 aliphatic carbocycles. The Morgan fingerprint density at radius 3 is 2.17 bits per heavy atom. The Bertz CT molecular complexity index is 991. The summed E-state index contributed by atoms with van der Waals surface area (Å²) in [7, 11) is 0. The molecule has 1 N–H and O–H groups in total. The molecule has 0 bridgehead atoms. The number of likely N-dealkylation sites (tertiary alicyclic amines) is 2. The second kappa shape index (κ2) is 10.1. The summed E-state index contributed by atoms with van der Waals surface area (Å²) in [5, 5.41) is 10.3. The summed E-state index contributed by atoms with van der Waals surface area (Å²) in [6, 6.07) is 6.72. The molecule has 36 heavy (non-hydrogen) atoms. The minimum absolute atomic E-state index is 0.112. The number of carbonyl (C=O) groups is 3. The molecule has 4 rings (SSSR count). The van der Waals surface area contributed by atoms with Crippen molar-refractivity contribution in [3.8, 4) is 0 Å². The molecule has 1 aromatic carbocycles. The van der Waals surface area contributed by atoms with E-state index in [1.165, 1.54) is 9.80 Å². The molecule has 3 aliphatic rings. The number of benzene rings is 1. The van der Waals surface area contributed by atoms with E-state index in [1.54, 1.807) is 24.0 Å². The normalized spacial score (nSPS) is 24.4. The Balaban J connectivity index is 1.44. The lowest BCUT2D eigenvalue weighted by Gasteiger charge is -2.45. The van der Waals surface area contributed by atoms with Crippen molar-refractivity contribution < 1.29 is 32.7 Å². The maximum atomic E-state index is 13.6. The minimum atomic E-state index is -4.56. The van der Waals surface area contributed by atoms with Gasteiger partial charge in [-0.25, -0.2) is 4.79 Å². The van der Waals surface area contributed by atoms with E-state index < -0.39 is 35.6 Å². The number of carboxylic acid groups (broad SMARTS) is 1. The van der Waals surface area contributed by atoms with Gasteiger partial charge in [0.05, 0.1) is 6.04 Å². The van der Waals surface area contributed by atoms with Gasteiger partial charge in [0, 0.05) is 49.6 Å². The number of alkyl halides is 3. The molecule has 3 fully saturated rings. The van der Waals surface area contributed by atoms with E-state index in [2.05, 4.69) is 0 Å². The van der Waals surface area contributed by atoms with Crippen LogP contribution in [0, 0.1) is 11.3 Å². The summed E-state index contributed by atoms with van der Waals surface area (Å²) in [5.41, 5.74) is -1.38. The van der Waals surface area contributed by atoms with Crippen LogP contribution in [-0.4, -0.2) is 82.7 Å². The number of halogens is 4. The number of likely N-dealkylation sites (N-methyl/N-ethyl adjacent to an activating group) is 1. The van der Waals surface area contributed by atoms with Crippen LogP contribution in [-0.2, 0) is 9.59 Å². The van der Waals surface area contributed by atoms with Gasteiger partial charge in [-0.3, -0.25) is 9.59 Å². The lowest BCUT2D eigenvalue weighted by Crippen LogP contribution is -2.57. The molecular formula is C25H31ClF3N3O4. The molecule has 0 unspecified atom stereocenters. The molecular weight excluding hydrogens is 499 g/mol. The first-order chi connectivity index (χ1) is 17.0. The zero-order valence-corrected chi connectivity index (χ0v) is 20.9. The first-order valence-corrected chi connectivity index (χ1v) is 12.8. The monoisotopic (exact) mass is 529 g/mol. The van der Waals surface area contributed by atoms with E-state index in [1.807, 2.05) is 12.1 Å². The first-order valence-electron chi connectivity index (χ1n) is 12.4. The molecule has 0 aromatic heterocycles. The number of amides is 3. The van der Waals surface area contributed by atoms with Crippen molar-refractivity contribution in [2.24, 2.45) is 11.3 Å². The SMILES string of the molecule is CCN(C(=O)O)[C@@H]1CN(C(=O)C2CCN(C(=O)C3(C(F)(F)F)CCC3)CC2)C[C@H]1c1ccc(Cl)cc1. The summed E-state index contributed by atoms with van der Waals surface area (Å²) in [4.78, 5) is 42.3. The third-order valence-corrected chi connectivity index (χ3v) is 8.43. The summed E-state index contributed by atoms with van der Waals surface area (Å²) in [6.07, 6.45) is -5.00. The average Bonchev–Trinajstić information content (AvgIpc) is 3.22. The number of hydrogen-bond donors (Lipinski definition) is 1. The van der Waals surface area contributed by atoms with E-state index in [0.29, 0.717) is 30.8 Å². The second-order valence-corrected chi connectivity index (χ2v) is 10.5. The number of rotatable bonds is 5. The second-order valence-electron chi connectivity index (χ2n) is 10.0. The van der Waals surface area contributed by atoms with Gasteiger partial charge in [-0.05, 0) is 50.3 Å². The predicted molar refractivity (Wildman–Crippen MR) is 127 cm³/mol. The van der Waals surface area contributed by atoms with Crippen LogP contribution in [0.25, 0.3) is 0 Å². The van der Waals surface area contributed by atoms with Crippen molar-refractivity contribution in [2.75, 3.05) is 32.7 Å². The predicted octanol–water partition coefficient (Wildman–Crippen LogP) is 4.61. The molecule has 2 atom stereocenters. The van der Waals surface area contributed by atoms with Gasteiger partial charge in [0.2, 0.25) is 11.8 Å². The summed E-state index contributed by atoms with van der Waals surface area (Å²) in [5.74, 6) is -1.65. The van der Waals surface area contributed by atoms with Crippen LogP contribution < -0.4 is 0 Å². The van der Waals surface area contributed by atoms with Gasteiger partial charge in [-0.2, -0.15) is 13.2 Å². The van der Waals surface area contributed by atoms with E-state index in [0.717, 1.165) is 5.56 Å². The van der Waals surface area contributed by atoms with Crippen molar-refractivity contribution >= 4 is 29.5 Å². The van der Waals surface area contributed by atoms with Crippen LogP contribution in [0.2, 0.25) is 5.02 Å². The molecule has 7 nitrogen and oxygen atoms in total. The first kappa shape index (κ1) is 26.6. The standard InChI is InChI=1S/C25H31ClF3N3O4/c1-2-32(23(35)36)20-15-31(14-19(20)16-4-6-18(26)7-5-16)21(33)17-8-12-30(13-9-17)22(34)24(10-3-11-24)25(27,28)29/h4-7,17,19-20H,2-3,8-15H2,1H3,(H,35,36)/t19-,20+/m0/s1. The molecule has 0 spiro atoms. The van der Waals surface area contributed by atoms with Crippen LogP contribution in [0.15, 0.2) is 24.3 Å². The van der Waals surface area contributed by atoms with Crippen molar-refractivity contribution in [1.29, 1.82) is 0 Å². The fourth-order valence-electron chi connectivity index (χ4n) is 5.87. The molecule has 1 aromatic rings. The van der Waals surface area contributed by atoms with Gasteiger partial charge in [-0.1, -0.05) is 30.2 Å². The molecule has 3 amide bonds. The highest BCUT2D eigenvalue weighted by molar-refractivity contribution is 6.30. The molecule has 2 heterocycles. The van der Waals surface area contributed by atoms with Gasteiger partial charge in [0.25, 0.3) is 0 Å². The lowest BCUT2D eigenvalue weighted by atomic mass is 9.67. The Morgan fingerprint density at radius 2 is 1.69 bits per heavy atom. The highest BCUT2D eigenvalue weighted by Gasteiger charge is 2.64. The third-order valence-electron chi connectivity index (χ3n) is 8.18. The number of carbonyl (C=O) groups excluding carboxylic acids is 2. The smallest absolute Gasteiger partial charge is 0.407 e. The van der Waals surface area contributed by atoms with Gasteiger partial charge < -0.3 is 19.8 Å². The Kier molecular flexibility index (Phi) is 7.46. The highest BCUT2D eigenvalue weighted by Crippen LogP contribution is 2.54. The number of nitrogens with zero attached hydrogens (tertiary/aromatic N) is 3. The molecule has 1 saturated carbocycles. The van der Waals surface area contributed by atoms with Crippen molar-refractivity contribution in [3.63, 3.8) is 0 Å². The topological polar surface area (TPSA) is 81.2 Å². The maximum Gasteiger partial charge on any atom is 0.407 e. The lowest BCUT2D eigenvalue weighted by molar-refractivity contribution is -0.249. The molecule has 11 heteroatoms. The summed E-state index contributed by atoms with van der Waals surface area (Å²) < 4.78 is 40.8. The fourth-order valence-corrected chi connectivity index (χ4v) is 6.00. The van der Waals surface area contributed by atoms with E-state index in [4.69, 9.17) is 11.6 Å². The van der Waals surface area contributed by atoms with E-state index in [-0.39, 0.29) is 50.8 Å². The minimum Gasteiger partial charge on any atom is -0.465 e. The van der Waals surface area contributed by atoms with Gasteiger partial charge in [0.15, 0.2) is 0 Å². The van der Waals surface area contributed by atoms with Crippen LogP contribution in [0.1, 0.15) is 50.5 Å². The van der Waals surface area contributed by atoms with Crippen molar-refractivity contribution in [1.82, 2.24) is 14.7 Å². The zero-order chi connectivity index (χ0) is 26.3. The molecule has 2 saturated heterocycles. The summed E-state index contributed by atoms with van der Waals surface area (Å²) in [6.45, 7) is 2.82. The highest BCUT2D eigenvalue weighted by atomic mass is 35.5.